The number of carbonyl (C=O) groups excluding carboxylic acids is 2. The maximum Gasteiger partial charge on any atom is 0.338 e. The number of esters is 1. The summed E-state index contributed by atoms with van der Waals surface area (Å²) < 4.78 is 10.4. The zero-order valence-electron chi connectivity index (χ0n) is 13.3. The van der Waals surface area contributed by atoms with Crippen LogP contribution in [0.4, 0.5) is 5.69 Å². The highest BCUT2D eigenvalue weighted by atomic mass is 35.5. The molecule has 5 nitrogen and oxygen atoms in total. The predicted octanol–water partition coefficient (Wildman–Crippen LogP) is 3.92. The second kappa shape index (κ2) is 8.93. The molecule has 0 fully saturated rings. The third-order valence-corrected chi connectivity index (χ3v) is 3.39. The van der Waals surface area contributed by atoms with Gasteiger partial charge in [-0.25, -0.2) is 4.79 Å². The Morgan fingerprint density at radius 2 is 1.92 bits per heavy atom. The van der Waals surface area contributed by atoms with Crippen molar-refractivity contribution in [3.8, 4) is 5.75 Å². The first-order chi connectivity index (χ1) is 11.6. The van der Waals surface area contributed by atoms with Crippen LogP contribution in [0.1, 0.15) is 23.7 Å². The number of para-hydroxylation sites is 1. The molecule has 2 rings (SSSR count). The molecular formula is C18H18ClNO4. The molecule has 126 valence electrons. The molecule has 6 heteroatoms. The second-order valence-corrected chi connectivity index (χ2v) is 5.29. The average molecular weight is 348 g/mol. The molecule has 0 heterocycles. The Morgan fingerprint density at radius 3 is 2.67 bits per heavy atom. The first kappa shape index (κ1) is 17.8. The van der Waals surface area contributed by atoms with E-state index in [9.17, 15) is 9.59 Å². The molecule has 0 aliphatic carbocycles. The van der Waals surface area contributed by atoms with Gasteiger partial charge < -0.3 is 14.8 Å². The van der Waals surface area contributed by atoms with E-state index in [2.05, 4.69) is 5.32 Å². The second-order valence-electron chi connectivity index (χ2n) is 4.88. The first-order valence-electron chi connectivity index (χ1n) is 7.54. The van der Waals surface area contributed by atoms with Gasteiger partial charge in [0.25, 0.3) is 0 Å². The fourth-order valence-electron chi connectivity index (χ4n) is 1.98. The van der Waals surface area contributed by atoms with Crippen LogP contribution in [0, 0.1) is 0 Å². The highest BCUT2D eigenvalue weighted by molar-refractivity contribution is 6.32. The predicted molar refractivity (Wildman–Crippen MR) is 92.6 cm³/mol. The third-order valence-electron chi connectivity index (χ3n) is 3.08. The van der Waals surface area contributed by atoms with Crippen molar-refractivity contribution in [2.45, 2.75) is 13.3 Å². The molecular weight excluding hydrogens is 330 g/mol. The normalized spacial score (nSPS) is 10.1. The van der Waals surface area contributed by atoms with Crippen LogP contribution >= 0.6 is 11.6 Å². The van der Waals surface area contributed by atoms with Crippen molar-refractivity contribution in [3.63, 3.8) is 0 Å². The summed E-state index contributed by atoms with van der Waals surface area (Å²) in [4.78, 5) is 23.6. The van der Waals surface area contributed by atoms with Crippen LogP contribution < -0.4 is 10.1 Å². The van der Waals surface area contributed by atoms with Crippen molar-refractivity contribution < 1.29 is 19.1 Å². The third kappa shape index (κ3) is 5.28. The summed E-state index contributed by atoms with van der Waals surface area (Å²) >= 11 is 5.97. The summed E-state index contributed by atoms with van der Waals surface area (Å²) in [7, 11) is 0. The summed E-state index contributed by atoms with van der Waals surface area (Å²) in [6, 6.07) is 13.7. The van der Waals surface area contributed by atoms with Crippen molar-refractivity contribution in [2.75, 3.05) is 18.5 Å². The first-order valence-corrected chi connectivity index (χ1v) is 7.92. The van der Waals surface area contributed by atoms with Gasteiger partial charge in [-0.05, 0) is 37.3 Å². The van der Waals surface area contributed by atoms with Crippen LogP contribution in [0.5, 0.6) is 5.75 Å². The van der Waals surface area contributed by atoms with Gasteiger partial charge in [-0.2, -0.15) is 0 Å². The van der Waals surface area contributed by atoms with E-state index in [0.29, 0.717) is 28.6 Å². The molecule has 0 saturated heterocycles. The number of benzene rings is 2. The Hall–Kier alpha value is -2.53. The van der Waals surface area contributed by atoms with Crippen LogP contribution in [-0.4, -0.2) is 25.1 Å². The number of hydrogen-bond donors (Lipinski definition) is 1. The molecule has 1 amide bonds. The minimum absolute atomic E-state index is 0.162. The number of amides is 1. The smallest absolute Gasteiger partial charge is 0.338 e. The molecule has 1 N–H and O–H groups in total. The molecule has 0 aliphatic heterocycles. The molecule has 0 unspecified atom stereocenters. The van der Waals surface area contributed by atoms with Crippen molar-refractivity contribution in [2.24, 2.45) is 0 Å². The molecule has 0 bridgehead atoms. The number of carbonyl (C=O) groups is 2. The van der Waals surface area contributed by atoms with Crippen LogP contribution in [0.25, 0.3) is 0 Å². The van der Waals surface area contributed by atoms with Gasteiger partial charge in [0.05, 0.1) is 30.2 Å². The van der Waals surface area contributed by atoms with E-state index in [1.807, 2.05) is 6.07 Å². The van der Waals surface area contributed by atoms with Gasteiger partial charge in [0.15, 0.2) is 0 Å². The summed E-state index contributed by atoms with van der Waals surface area (Å²) in [5.74, 6) is -0.102. The maximum absolute atomic E-state index is 12.0. The number of rotatable bonds is 7. The topological polar surface area (TPSA) is 64.6 Å². The van der Waals surface area contributed by atoms with Crippen molar-refractivity contribution in [3.05, 3.63) is 59.1 Å². The van der Waals surface area contributed by atoms with E-state index >= 15 is 0 Å². The standard InChI is InChI=1S/C18H18ClNO4/c1-2-23-18(22)13-6-5-7-14(12-13)20-17(21)10-11-24-16-9-4-3-8-15(16)19/h3-9,12H,2,10-11H2,1H3,(H,20,21). The summed E-state index contributed by atoms with van der Waals surface area (Å²) in [5.41, 5.74) is 0.922. The van der Waals surface area contributed by atoms with E-state index < -0.39 is 5.97 Å². The fraction of sp³-hybridized carbons (Fsp3) is 0.222. The lowest BCUT2D eigenvalue weighted by Crippen LogP contribution is -2.15. The molecule has 0 saturated carbocycles. The van der Waals surface area contributed by atoms with Crippen molar-refractivity contribution in [1.82, 2.24) is 0 Å². The summed E-state index contributed by atoms with van der Waals surface area (Å²) in [6.07, 6.45) is 0.162. The quantitative estimate of drug-likeness (QED) is 0.771. The Kier molecular flexibility index (Phi) is 6.63. The Bertz CT molecular complexity index is 718. The van der Waals surface area contributed by atoms with Gasteiger partial charge in [0, 0.05) is 5.69 Å². The number of anilines is 1. The van der Waals surface area contributed by atoms with Crippen LogP contribution in [0.15, 0.2) is 48.5 Å². The molecule has 0 atom stereocenters. The number of nitrogens with one attached hydrogen (secondary N) is 1. The summed E-state index contributed by atoms with van der Waals surface area (Å²) in [6.45, 7) is 2.24. The molecule has 2 aromatic rings. The Balaban J connectivity index is 1.85. The van der Waals surface area contributed by atoms with Gasteiger partial charge in [0.1, 0.15) is 5.75 Å². The molecule has 0 spiro atoms. The van der Waals surface area contributed by atoms with E-state index in [0.717, 1.165) is 0 Å². The molecule has 0 aliphatic rings. The van der Waals surface area contributed by atoms with Gasteiger partial charge >= 0.3 is 5.97 Å². The van der Waals surface area contributed by atoms with Gasteiger partial charge in [-0.15, -0.1) is 0 Å². The van der Waals surface area contributed by atoms with E-state index in [1.165, 1.54) is 0 Å². The minimum Gasteiger partial charge on any atom is -0.491 e. The number of halogens is 1. The van der Waals surface area contributed by atoms with Gasteiger partial charge in [-0.1, -0.05) is 29.8 Å². The van der Waals surface area contributed by atoms with E-state index in [4.69, 9.17) is 21.1 Å². The van der Waals surface area contributed by atoms with E-state index in [-0.39, 0.29) is 18.9 Å². The molecule has 24 heavy (non-hydrogen) atoms. The van der Waals surface area contributed by atoms with Crippen molar-refractivity contribution in [1.29, 1.82) is 0 Å². The SMILES string of the molecule is CCOC(=O)c1cccc(NC(=O)CCOc2ccccc2Cl)c1. The molecule has 2 aromatic carbocycles. The minimum atomic E-state index is -0.421. The lowest BCUT2D eigenvalue weighted by atomic mass is 10.2. The summed E-state index contributed by atoms with van der Waals surface area (Å²) in [5, 5.41) is 3.22. The van der Waals surface area contributed by atoms with E-state index in [1.54, 1.807) is 49.4 Å². The molecule has 0 aromatic heterocycles. The highest BCUT2D eigenvalue weighted by Gasteiger charge is 2.09. The van der Waals surface area contributed by atoms with Crippen LogP contribution in [0.2, 0.25) is 5.02 Å². The fourth-order valence-corrected chi connectivity index (χ4v) is 2.17. The monoisotopic (exact) mass is 347 g/mol. The largest absolute Gasteiger partial charge is 0.491 e. The number of ether oxygens (including phenoxy) is 2. The maximum atomic E-state index is 12.0. The van der Waals surface area contributed by atoms with Crippen LogP contribution in [-0.2, 0) is 9.53 Å². The Labute approximate surface area is 145 Å². The lowest BCUT2D eigenvalue weighted by Gasteiger charge is -2.09. The Morgan fingerprint density at radius 1 is 1.12 bits per heavy atom. The van der Waals surface area contributed by atoms with Gasteiger partial charge in [-0.3, -0.25) is 4.79 Å². The average Bonchev–Trinajstić information content (AvgIpc) is 2.57. The van der Waals surface area contributed by atoms with Gasteiger partial charge in [0.2, 0.25) is 5.91 Å². The number of hydrogen-bond acceptors (Lipinski definition) is 4. The zero-order valence-corrected chi connectivity index (χ0v) is 14.0. The van der Waals surface area contributed by atoms with Crippen molar-refractivity contribution >= 4 is 29.2 Å². The highest BCUT2D eigenvalue weighted by Crippen LogP contribution is 2.23. The lowest BCUT2D eigenvalue weighted by molar-refractivity contribution is -0.116. The van der Waals surface area contributed by atoms with Crippen LogP contribution in [0.3, 0.4) is 0 Å². The zero-order chi connectivity index (χ0) is 17.4. The molecule has 0 radical (unpaired) electrons.